The molecule has 0 N–H and O–H groups in total. The van der Waals surface area contributed by atoms with Crippen LogP contribution in [0.1, 0.15) is 0 Å². The molecular weight excluding hydrogens is 278 g/mol. The van der Waals surface area contributed by atoms with E-state index in [2.05, 4.69) is 15.0 Å². The van der Waals surface area contributed by atoms with E-state index < -0.39 is 11.6 Å². The van der Waals surface area contributed by atoms with Crippen molar-refractivity contribution >= 4 is 17.5 Å². The molecule has 0 aliphatic rings. The van der Waals surface area contributed by atoms with Crippen LogP contribution in [0, 0.1) is 11.6 Å². The van der Waals surface area contributed by atoms with E-state index in [-0.39, 0.29) is 23.0 Å². The zero-order chi connectivity index (χ0) is 14.0. The number of rotatable bonds is 3. The minimum Gasteiger partial charge on any atom is -0.421 e. The van der Waals surface area contributed by atoms with E-state index in [1.807, 2.05) is 0 Å². The van der Waals surface area contributed by atoms with Gasteiger partial charge in [-0.25, -0.2) is 4.39 Å². The van der Waals surface area contributed by atoms with Crippen molar-refractivity contribution in [2.75, 3.05) is 19.0 Å². The van der Waals surface area contributed by atoms with Crippen LogP contribution in [-0.2, 0) is 0 Å². The van der Waals surface area contributed by atoms with Crippen LogP contribution in [-0.4, -0.2) is 29.0 Å². The van der Waals surface area contributed by atoms with Gasteiger partial charge < -0.3 is 9.64 Å². The van der Waals surface area contributed by atoms with Crippen LogP contribution in [0.15, 0.2) is 18.2 Å². The molecule has 0 unspecified atom stereocenters. The first-order valence-corrected chi connectivity index (χ1v) is 5.56. The number of anilines is 1. The molecule has 0 saturated carbocycles. The topological polar surface area (TPSA) is 51.1 Å². The standard InChI is InChI=1S/C11H9ClF2N4O/c1-18(2)10-15-9(12)16-11(17-10)19-7-5-3-4-6(13)8(7)14/h3-5H,1-2H3. The summed E-state index contributed by atoms with van der Waals surface area (Å²) in [7, 11) is 3.39. The lowest BCUT2D eigenvalue weighted by Crippen LogP contribution is -2.13. The van der Waals surface area contributed by atoms with Crippen molar-refractivity contribution in [2.45, 2.75) is 0 Å². The minimum absolute atomic E-state index is 0.106. The summed E-state index contributed by atoms with van der Waals surface area (Å²) in [6.45, 7) is 0. The van der Waals surface area contributed by atoms with Gasteiger partial charge in [0.2, 0.25) is 17.0 Å². The van der Waals surface area contributed by atoms with Gasteiger partial charge in [0.1, 0.15) is 0 Å². The Morgan fingerprint density at radius 3 is 2.58 bits per heavy atom. The Morgan fingerprint density at radius 1 is 1.16 bits per heavy atom. The van der Waals surface area contributed by atoms with Crippen molar-refractivity contribution in [3.63, 3.8) is 0 Å². The molecule has 1 aromatic heterocycles. The number of nitrogens with zero attached hydrogens (tertiary/aromatic N) is 4. The first kappa shape index (κ1) is 13.4. The van der Waals surface area contributed by atoms with E-state index in [4.69, 9.17) is 16.3 Å². The Labute approximate surface area is 112 Å². The quantitative estimate of drug-likeness (QED) is 0.868. The zero-order valence-corrected chi connectivity index (χ0v) is 10.8. The second-order valence-electron chi connectivity index (χ2n) is 3.74. The molecule has 0 saturated heterocycles. The highest BCUT2D eigenvalue weighted by molar-refractivity contribution is 6.28. The van der Waals surface area contributed by atoms with Crippen LogP contribution in [0.25, 0.3) is 0 Å². The fraction of sp³-hybridized carbons (Fsp3) is 0.182. The van der Waals surface area contributed by atoms with Gasteiger partial charge in [-0.3, -0.25) is 0 Å². The number of hydrogen-bond acceptors (Lipinski definition) is 5. The Morgan fingerprint density at radius 2 is 1.89 bits per heavy atom. The minimum atomic E-state index is -1.12. The summed E-state index contributed by atoms with van der Waals surface area (Å²) in [5.41, 5.74) is 0. The van der Waals surface area contributed by atoms with Crippen molar-refractivity contribution in [1.29, 1.82) is 0 Å². The lowest BCUT2D eigenvalue weighted by Gasteiger charge is -2.11. The Kier molecular flexibility index (Phi) is 3.75. The maximum Gasteiger partial charge on any atom is 0.328 e. The Bertz CT molecular complexity index is 609. The van der Waals surface area contributed by atoms with Gasteiger partial charge in [-0.2, -0.15) is 19.3 Å². The fourth-order valence-corrected chi connectivity index (χ4v) is 1.38. The SMILES string of the molecule is CN(C)c1nc(Cl)nc(Oc2cccc(F)c2F)n1. The van der Waals surface area contributed by atoms with Gasteiger partial charge in [0.05, 0.1) is 0 Å². The molecule has 0 fully saturated rings. The number of aromatic nitrogens is 3. The van der Waals surface area contributed by atoms with Crippen LogP contribution in [0.3, 0.4) is 0 Å². The second kappa shape index (κ2) is 5.31. The van der Waals surface area contributed by atoms with Crippen molar-refractivity contribution in [3.05, 3.63) is 35.1 Å². The highest BCUT2D eigenvalue weighted by Crippen LogP contribution is 2.24. The van der Waals surface area contributed by atoms with Gasteiger partial charge in [0.15, 0.2) is 11.6 Å². The summed E-state index contributed by atoms with van der Waals surface area (Å²) < 4.78 is 31.5. The number of benzene rings is 1. The maximum atomic E-state index is 13.4. The lowest BCUT2D eigenvalue weighted by atomic mass is 10.3. The van der Waals surface area contributed by atoms with Crippen molar-refractivity contribution in [2.24, 2.45) is 0 Å². The first-order chi connectivity index (χ1) is 8.97. The predicted octanol–water partition coefficient (Wildman–Crippen LogP) is 2.66. The molecule has 5 nitrogen and oxygen atoms in total. The molecule has 2 rings (SSSR count). The highest BCUT2D eigenvalue weighted by Gasteiger charge is 2.13. The molecule has 19 heavy (non-hydrogen) atoms. The van der Waals surface area contributed by atoms with Crippen LogP contribution in [0.2, 0.25) is 5.28 Å². The molecule has 2 aromatic rings. The average molecular weight is 287 g/mol. The van der Waals surface area contributed by atoms with Gasteiger partial charge in [-0.15, -0.1) is 0 Å². The number of ether oxygens (including phenoxy) is 1. The summed E-state index contributed by atoms with van der Waals surface area (Å²) >= 11 is 5.69. The Balaban J connectivity index is 2.35. The molecule has 0 aliphatic heterocycles. The van der Waals surface area contributed by atoms with E-state index in [0.29, 0.717) is 0 Å². The van der Waals surface area contributed by atoms with E-state index in [9.17, 15) is 8.78 Å². The molecule has 0 bridgehead atoms. The number of halogens is 3. The third-order valence-electron chi connectivity index (χ3n) is 2.09. The molecule has 0 aliphatic carbocycles. The zero-order valence-electron chi connectivity index (χ0n) is 10.1. The van der Waals surface area contributed by atoms with Crippen molar-refractivity contribution in [1.82, 2.24) is 15.0 Å². The molecule has 8 heteroatoms. The first-order valence-electron chi connectivity index (χ1n) is 5.18. The molecule has 0 amide bonds. The van der Waals surface area contributed by atoms with Gasteiger partial charge >= 0.3 is 6.01 Å². The monoisotopic (exact) mass is 286 g/mol. The molecule has 0 atom stereocenters. The van der Waals surface area contributed by atoms with E-state index in [1.54, 1.807) is 19.0 Å². The average Bonchev–Trinajstić information content (AvgIpc) is 2.34. The third-order valence-corrected chi connectivity index (χ3v) is 2.26. The van der Waals surface area contributed by atoms with Crippen LogP contribution in [0.5, 0.6) is 11.8 Å². The van der Waals surface area contributed by atoms with Crippen molar-refractivity contribution < 1.29 is 13.5 Å². The van der Waals surface area contributed by atoms with E-state index >= 15 is 0 Å². The van der Waals surface area contributed by atoms with Gasteiger partial charge in [-0.05, 0) is 23.7 Å². The maximum absolute atomic E-state index is 13.4. The molecule has 1 heterocycles. The smallest absolute Gasteiger partial charge is 0.328 e. The summed E-state index contributed by atoms with van der Waals surface area (Å²) in [6.07, 6.45) is 0. The van der Waals surface area contributed by atoms with Crippen molar-refractivity contribution in [3.8, 4) is 11.8 Å². The molecule has 100 valence electrons. The summed E-state index contributed by atoms with van der Waals surface area (Å²) in [5.74, 6) is -2.23. The number of hydrogen-bond donors (Lipinski definition) is 0. The van der Waals surface area contributed by atoms with Gasteiger partial charge in [0, 0.05) is 14.1 Å². The largest absolute Gasteiger partial charge is 0.421 e. The van der Waals surface area contributed by atoms with Gasteiger partial charge in [0.25, 0.3) is 0 Å². The summed E-state index contributed by atoms with van der Waals surface area (Å²) in [6, 6.07) is 3.33. The highest BCUT2D eigenvalue weighted by atomic mass is 35.5. The fourth-order valence-electron chi connectivity index (χ4n) is 1.23. The van der Waals surface area contributed by atoms with Crippen LogP contribution >= 0.6 is 11.6 Å². The lowest BCUT2D eigenvalue weighted by molar-refractivity contribution is 0.392. The van der Waals surface area contributed by atoms with E-state index in [1.165, 1.54) is 12.1 Å². The Hall–Kier alpha value is -2.02. The molecule has 0 spiro atoms. The normalized spacial score (nSPS) is 10.4. The van der Waals surface area contributed by atoms with Gasteiger partial charge in [-0.1, -0.05) is 6.07 Å². The second-order valence-corrected chi connectivity index (χ2v) is 4.07. The third kappa shape index (κ3) is 3.05. The molecular formula is C11H9ClF2N4O. The predicted molar refractivity (Wildman–Crippen MR) is 65.6 cm³/mol. The summed E-state index contributed by atoms with van der Waals surface area (Å²) in [5, 5.41) is -0.106. The van der Waals surface area contributed by atoms with Crippen LogP contribution < -0.4 is 9.64 Å². The molecule has 1 aromatic carbocycles. The van der Waals surface area contributed by atoms with E-state index in [0.717, 1.165) is 6.07 Å². The molecule has 0 radical (unpaired) electrons. The summed E-state index contributed by atoms with van der Waals surface area (Å²) in [4.78, 5) is 13.0. The van der Waals surface area contributed by atoms with Crippen LogP contribution in [0.4, 0.5) is 14.7 Å².